The summed E-state index contributed by atoms with van der Waals surface area (Å²) in [5.41, 5.74) is 1.18. The summed E-state index contributed by atoms with van der Waals surface area (Å²) in [6, 6.07) is 10.1. The number of hydrogen-bond acceptors (Lipinski definition) is 2. The predicted molar refractivity (Wildman–Crippen MR) is 66.4 cm³/mol. The van der Waals surface area contributed by atoms with Gasteiger partial charge < -0.3 is 0 Å². The van der Waals surface area contributed by atoms with Gasteiger partial charge in [-0.1, -0.05) is 28.1 Å². The summed E-state index contributed by atoms with van der Waals surface area (Å²) in [6.07, 6.45) is 1.31. The third kappa shape index (κ3) is 3.20. The van der Waals surface area contributed by atoms with Crippen molar-refractivity contribution in [1.29, 1.82) is 0 Å². The number of halogens is 2. The summed E-state index contributed by atoms with van der Waals surface area (Å²) in [5.74, 6) is -0.563. The Kier molecular flexibility index (Phi) is 3.64. The van der Waals surface area contributed by atoms with E-state index in [1.165, 1.54) is 12.1 Å². The zero-order valence-electron chi connectivity index (χ0n) is 8.86. The summed E-state index contributed by atoms with van der Waals surface area (Å²) in [6.45, 7) is 0. The number of benzene rings is 1. The highest BCUT2D eigenvalue weighted by molar-refractivity contribution is 9.10. The number of nitrogens with zero attached hydrogens (tertiary/aromatic N) is 1. The Balaban J connectivity index is 2.14. The van der Waals surface area contributed by atoms with Crippen molar-refractivity contribution in [1.82, 2.24) is 4.98 Å². The van der Waals surface area contributed by atoms with Gasteiger partial charge in [-0.3, -0.25) is 9.78 Å². The largest absolute Gasteiger partial charge is 0.292 e. The molecule has 0 saturated carbocycles. The Morgan fingerprint density at radius 1 is 1.29 bits per heavy atom. The first-order valence-corrected chi connectivity index (χ1v) is 5.83. The molecule has 17 heavy (non-hydrogen) atoms. The molecule has 0 N–H and O–H groups in total. The van der Waals surface area contributed by atoms with Crippen LogP contribution in [0.4, 0.5) is 4.39 Å². The van der Waals surface area contributed by atoms with Crippen LogP contribution in [0.15, 0.2) is 47.1 Å². The van der Waals surface area contributed by atoms with Crippen LogP contribution in [0.2, 0.25) is 0 Å². The van der Waals surface area contributed by atoms with Crippen molar-refractivity contribution >= 4 is 21.7 Å². The molecule has 1 heterocycles. The Morgan fingerprint density at radius 2 is 2.12 bits per heavy atom. The number of Topliss-reactive ketones (excluding diaryl/α,β-unsaturated/α-hetero) is 1. The van der Waals surface area contributed by atoms with Gasteiger partial charge in [0.25, 0.3) is 0 Å². The molecule has 2 aromatic rings. The van der Waals surface area contributed by atoms with Crippen LogP contribution in [0.5, 0.6) is 0 Å². The number of rotatable bonds is 3. The van der Waals surface area contributed by atoms with E-state index in [-0.39, 0.29) is 17.9 Å². The lowest BCUT2D eigenvalue weighted by molar-refractivity contribution is 0.0988. The third-order valence-electron chi connectivity index (χ3n) is 2.27. The third-order valence-corrected chi connectivity index (χ3v) is 2.76. The van der Waals surface area contributed by atoms with E-state index in [4.69, 9.17) is 0 Å². The van der Waals surface area contributed by atoms with Crippen molar-refractivity contribution in [3.63, 3.8) is 0 Å². The van der Waals surface area contributed by atoms with Gasteiger partial charge in [0.1, 0.15) is 11.5 Å². The van der Waals surface area contributed by atoms with Crippen LogP contribution < -0.4 is 0 Å². The average Bonchev–Trinajstić information content (AvgIpc) is 2.29. The zero-order chi connectivity index (χ0) is 12.3. The van der Waals surface area contributed by atoms with Gasteiger partial charge in [-0.15, -0.1) is 0 Å². The number of hydrogen-bond donors (Lipinski definition) is 0. The Morgan fingerprint density at radius 3 is 2.76 bits per heavy atom. The van der Waals surface area contributed by atoms with Crippen LogP contribution in [-0.4, -0.2) is 10.8 Å². The van der Waals surface area contributed by atoms with Gasteiger partial charge >= 0.3 is 0 Å². The van der Waals surface area contributed by atoms with E-state index < -0.39 is 5.82 Å². The van der Waals surface area contributed by atoms with E-state index in [9.17, 15) is 9.18 Å². The molecule has 0 atom stereocenters. The molecule has 0 bridgehead atoms. The van der Waals surface area contributed by atoms with Gasteiger partial charge in [-0.25, -0.2) is 4.39 Å². The molecule has 0 spiro atoms. The Bertz CT molecular complexity index is 539. The highest BCUT2D eigenvalue weighted by Gasteiger charge is 2.08. The van der Waals surface area contributed by atoms with Crippen LogP contribution in [-0.2, 0) is 6.42 Å². The molecule has 0 aliphatic carbocycles. The smallest absolute Gasteiger partial charge is 0.185 e. The molecule has 1 aromatic heterocycles. The predicted octanol–water partition coefficient (Wildman–Crippen LogP) is 3.41. The molecule has 4 heteroatoms. The standard InChI is InChI=1S/C13H9BrFNO/c14-10-3-1-2-9(6-10)7-13(17)12-5-4-11(15)8-16-12/h1-6,8H,7H2. The van der Waals surface area contributed by atoms with Gasteiger partial charge in [0.05, 0.1) is 6.20 Å². The fourth-order valence-corrected chi connectivity index (χ4v) is 1.91. The molecule has 0 unspecified atom stereocenters. The molecule has 2 rings (SSSR count). The van der Waals surface area contributed by atoms with Crippen LogP contribution >= 0.6 is 15.9 Å². The normalized spacial score (nSPS) is 10.2. The molecule has 0 aliphatic heterocycles. The van der Waals surface area contributed by atoms with Gasteiger partial charge in [0.15, 0.2) is 5.78 Å². The summed E-state index contributed by atoms with van der Waals surface area (Å²) in [7, 11) is 0. The van der Waals surface area contributed by atoms with Gasteiger partial charge in [-0.2, -0.15) is 0 Å². The first-order valence-electron chi connectivity index (χ1n) is 5.04. The van der Waals surface area contributed by atoms with Crippen LogP contribution in [0.25, 0.3) is 0 Å². The lowest BCUT2D eigenvalue weighted by Crippen LogP contribution is -2.05. The molecule has 0 aliphatic rings. The second kappa shape index (κ2) is 5.19. The number of carbonyl (C=O) groups is 1. The quantitative estimate of drug-likeness (QED) is 0.812. The van der Waals surface area contributed by atoms with Crippen LogP contribution in [0.3, 0.4) is 0 Å². The Labute approximate surface area is 107 Å². The maximum atomic E-state index is 12.6. The maximum Gasteiger partial charge on any atom is 0.185 e. The minimum atomic E-state index is -0.441. The molecule has 0 fully saturated rings. The summed E-state index contributed by atoms with van der Waals surface area (Å²) in [5, 5.41) is 0. The monoisotopic (exact) mass is 293 g/mol. The molecule has 0 radical (unpaired) electrons. The first kappa shape index (κ1) is 11.9. The number of carbonyl (C=O) groups excluding carboxylic acids is 1. The number of ketones is 1. The van der Waals surface area contributed by atoms with Crippen LogP contribution in [0, 0.1) is 5.82 Å². The van der Waals surface area contributed by atoms with E-state index in [1.54, 1.807) is 0 Å². The molecule has 86 valence electrons. The van der Waals surface area contributed by atoms with E-state index >= 15 is 0 Å². The Hall–Kier alpha value is -1.55. The molecular weight excluding hydrogens is 285 g/mol. The van der Waals surface area contributed by atoms with E-state index in [1.807, 2.05) is 24.3 Å². The molecule has 0 amide bonds. The second-order valence-corrected chi connectivity index (χ2v) is 4.51. The zero-order valence-corrected chi connectivity index (χ0v) is 10.4. The van der Waals surface area contributed by atoms with Crippen molar-refractivity contribution in [2.75, 3.05) is 0 Å². The van der Waals surface area contributed by atoms with Crippen molar-refractivity contribution < 1.29 is 9.18 Å². The topological polar surface area (TPSA) is 30.0 Å². The highest BCUT2D eigenvalue weighted by Crippen LogP contribution is 2.13. The summed E-state index contributed by atoms with van der Waals surface area (Å²) in [4.78, 5) is 15.6. The summed E-state index contributed by atoms with van der Waals surface area (Å²) >= 11 is 3.34. The van der Waals surface area contributed by atoms with Crippen molar-refractivity contribution in [2.24, 2.45) is 0 Å². The maximum absolute atomic E-state index is 12.6. The second-order valence-electron chi connectivity index (χ2n) is 3.59. The SMILES string of the molecule is O=C(Cc1cccc(Br)c1)c1ccc(F)cn1. The van der Waals surface area contributed by atoms with Crippen molar-refractivity contribution in [3.05, 3.63) is 64.1 Å². The molecular formula is C13H9BrFNO. The minimum absolute atomic E-state index is 0.122. The number of aromatic nitrogens is 1. The van der Waals surface area contributed by atoms with E-state index in [0.29, 0.717) is 0 Å². The lowest BCUT2D eigenvalue weighted by atomic mass is 10.1. The minimum Gasteiger partial charge on any atom is -0.292 e. The average molecular weight is 294 g/mol. The van der Waals surface area contributed by atoms with Gasteiger partial charge in [-0.05, 0) is 29.8 Å². The number of pyridine rings is 1. The molecule has 0 saturated heterocycles. The van der Waals surface area contributed by atoms with Crippen molar-refractivity contribution in [3.8, 4) is 0 Å². The van der Waals surface area contributed by atoms with E-state index in [0.717, 1.165) is 16.2 Å². The van der Waals surface area contributed by atoms with Gasteiger partial charge in [0, 0.05) is 10.9 Å². The van der Waals surface area contributed by atoms with Crippen LogP contribution in [0.1, 0.15) is 16.1 Å². The van der Waals surface area contributed by atoms with Crippen molar-refractivity contribution in [2.45, 2.75) is 6.42 Å². The molecule has 2 nitrogen and oxygen atoms in total. The fraction of sp³-hybridized carbons (Fsp3) is 0.0769. The van der Waals surface area contributed by atoms with Gasteiger partial charge in [0.2, 0.25) is 0 Å². The summed E-state index contributed by atoms with van der Waals surface area (Å²) < 4.78 is 13.6. The fourth-order valence-electron chi connectivity index (χ4n) is 1.46. The molecule has 1 aromatic carbocycles. The highest BCUT2D eigenvalue weighted by atomic mass is 79.9. The lowest BCUT2D eigenvalue weighted by Gasteiger charge is -2.01. The van der Waals surface area contributed by atoms with E-state index in [2.05, 4.69) is 20.9 Å². The first-order chi connectivity index (χ1) is 8.15.